The Morgan fingerprint density at radius 3 is 2.90 bits per heavy atom. The summed E-state index contributed by atoms with van der Waals surface area (Å²) >= 11 is 0. The molecular weight excluding hydrogens is 282 g/mol. The summed E-state index contributed by atoms with van der Waals surface area (Å²) in [5, 5.41) is 7.38. The third-order valence-electron chi connectivity index (χ3n) is 2.62. The number of aromatic nitrogens is 3. The third-order valence-corrected chi connectivity index (χ3v) is 4.08. The second-order valence-electron chi connectivity index (χ2n) is 3.97. The molecule has 1 heterocycles. The van der Waals surface area contributed by atoms with E-state index in [0.717, 1.165) is 0 Å². The minimum Gasteiger partial charge on any atom is -0.495 e. The molecule has 0 atom stereocenters. The smallest absolute Gasteiger partial charge is 0.240 e. The van der Waals surface area contributed by atoms with Crippen LogP contribution >= 0.6 is 0 Å². The van der Waals surface area contributed by atoms with Crippen molar-refractivity contribution in [3.63, 3.8) is 0 Å². The van der Waals surface area contributed by atoms with Crippen molar-refractivity contribution in [2.24, 2.45) is 0 Å². The minimum atomic E-state index is -3.61. The molecule has 0 aliphatic heterocycles. The number of nitrogens with one attached hydrogen (secondary N) is 1. The Morgan fingerprint density at radius 2 is 2.25 bits per heavy atom. The largest absolute Gasteiger partial charge is 0.495 e. The van der Waals surface area contributed by atoms with Crippen molar-refractivity contribution < 1.29 is 13.2 Å². The van der Waals surface area contributed by atoms with E-state index < -0.39 is 10.0 Å². The van der Waals surface area contributed by atoms with Crippen LogP contribution in [0.15, 0.2) is 35.5 Å². The highest BCUT2D eigenvalue weighted by atomic mass is 32.2. The molecule has 20 heavy (non-hydrogen) atoms. The summed E-state index contributed by atoms with van der Waals surface area (Å²) in [6, 6.07) is 4.30. The maximum atomic E-state index is 12.1. The van der Waals surface area contributed by atoms with Gasteiger partial charge in [0, 0.05) is 18.8 Å². The Labute approximate surface area is 116 Å². The molecule has 8 nitrogen and oxygen atoms in total. The summed E-state index contributed by atoms with van der Waals surface area (Å²) in [6.07, 6.45) is 3.18. The molecule has 0 bridgehead atoms. The fourth-order valence-electron chi connectivity index (χ4n) is 1.59. The van der Waals surface area contributed by atoms with Crippen LogP contribution in [0, 0.1) is 0 Å². The van der Waals surface area contributed by atoms with Gasteiger partial charge in [-0.15, -0.1) is 5.10 Å². The number of hydrogen-bond donors (Lipinski definition) is 2. The number of rotatable bonds is 6. The molecule has 3 N–H and O–H groups in total. The van der Waals surface area contributed by atoms with Crippen molar-refractivity contribution in [3.05, 3.63) is 30.6 Å². The average Bonchev–Trinajstić information content (AvgIpc) is 2.92. The monoisotopic (exact) mass is 297 g/mol. The van der Waals surface area contributed by atoms with Gasteiger partial charge in [-0.3, -0.25) is 4.68 Å². The first kappa shape index (κ1) is 14.3. The molecule has 0 radical (unpaired) electrons. The van der Waals surface area contributed by atoms with Gasteiger partial charge >= 0.3 is 0 Å². The number of benzene rings is 1. The van der Waals surface area contributed by atoms with Crippen LogP contribution in [-0.4, -0.2) is 37.1 Å². The lowest BCUT2D eigenvalue weighted by Crippen LogP contribution is -2.27. The SMILES string of the molecule is COc1cc(S(=O)(=O)NCCn2ccnn2)ccc1N. The molecule has 0 amide bonds. The predicted octanol–water partition coefficient (Wildman–Crippen LogP) is -0.153. The van der Waals surface area contributed by atoms with E-state index in [9.17, 15) is 8.42 Å². The van der Waals surface area contributed by atoms with Crippen LogP contribution in [0.5, 0.6) is 5.75 Å². The van der Waals surface area contributed by atoms with E-state index >= 15 is 0 Å². The standard InChI is InChI=1S/C11H15N5O3S/c1-19-11-8-9(2-3-10(11)12)20(17,18)14-5-7-16-6-4-13-15-16/h2-4,6,8,14H,5,7,12H2,1H3. The Balaban J connectivity index is 2.06. The average molecular weight is 297 g/mol. The summed E-state index contributed by atoms with van der Waals surface area (Å²) < 4.78 is 33.2. The molecule has 108 valence electrons. The number of sulfonamides is 1. The van der Waals surface area contributed by atoms with Crippen molar-refractivity contribution in [2.75, 3.05) is 19.4 Å². The van der Waals surface area contributed by atoms with Gasteiger partial charge in [-0.05, 0) is 12.1 Å². The third kappa shape index (κ3) is 3.25. The van der Waals surface area contributed by atoms with Crippen molar-refractivity contribution in [3.8, 4) is 5.75 Å². The van der Waals surface area contributed by atoms with Crippen LogP contribution in [0.4, 0.5) is 5.69 Å². The zero-order valence-electron chi connectivity index (χ0n) is 10.9. The Hall–Kier alpha value is -2.13. The molecule has 2 aromatic rings. The number of methoxy groups -OCH3 is 1. The molecule has 0 unspecified atom stereocenters. The number of anilines is 1. The van der Waals surface area contributed by atoms with Crippen LogP contribution in [0.1, 0.15) is 0 Å². The van der Waals surface area contributed by atoms with E-state index in [4.69, 9.17) is 10.5 Å². The molecule has 1 aromatic heterocycles. The fourth-order valence-corrected chi connectivity index (χ4v) is 2.62. The van der Waals surface area contributed by atoms with E-state index in [0.29, 0.717) is 18.0 Å². The van der Waals surface area contributed by atoms with Gasteiger partial charge in [0.1, 0.15) is 5.75 Å². The summed E-state index contributed by atoms with van der Waals surface area (Å²) in [4.78, 5) is 0.0992. The van der Waals surface area contributed by atoms with E-state index in [2.05, 4.69) is 15.0 Å². The van der Waals surface area contributed by atoms with Gasteiger partial charge < -0.3 is 10.5 Å². The van der Waals surface area contributed by atoms with Crippen LogP contribution < -0.4 is 15.2 Å². The van der Waals surface area contributed by atoms with Gasteiger partial charge in [0.25, 0.3) is 0 Å². The van der Waals surface area contributed by atoms with Gasteiger partial charge in [-0.25, -0.2) is 13.1 Å². The van der Waals surface area contributed by atoms with Gasteiger partial charge in [-0.1, -0.05) is 5.21 Å². The quantitative estimate of drug-likeness (QED) is 0.717. The van der Waals surface area contributed by atoms with Crippen LogP contribution in [0.2, 0.25) is 0 Å². The minimum absolute atomic E-state index is 0.0992. The summed E-state index contributed by atoms with van der Waals surface area (Å²) in [7, 11) is -2.18. The molecule has 0 fully saturated rings. The molecule has 2 rings (SSSR count). The molecular formula is C11H15N5O3S. The number of ether oxygens (including phenoxy) is 1. The van der Waals surface area contributed by atoms with Gasteiger partial charge in [0.05, 0.1) is 30.4 Å². The Morgan fingerprint density at radius 1 is 1.45 bits per heavy atom. The van der Waals surface area contributed by atoms with E-state index in [1.54, 1.807) is 6.20 Å². The van der Waals surface area contributed by atoms with Crippen LogP contribution in [0.3, 0.4) is 0 Å². The van der Waals surface area contributed by atoms with Crippen molar-refractivity contribution in [1.29, 1.82) is 0 Å². The predicted molar refractivity (Wildman–Crippen MR) is 72.6 cm³/mol. The van der Waals surface area contributed by atoms with Crippen molar-refractivity contribution in [1.82, 2.24) is 19.7 Å². The lowest BCUT2D eigenvalue weighted by molar-refractivity contribution is 0.415. The highest BCUT2D eigenvalue weighted by Crippen LogP contribution is 2.24. The first-order valence-corrected chi connectivity index (χ1v) is 7.28. The highest BCUT2D eigenvalue weighted by molar-refractivity contribution is 7.89. The number of nitrogen functional groups attached to an aromatic ring is 1. The van der Waals surface area contributed by atoms with Crippen LogP contribution in [-0.2, 0) is 16.6 Å². The van der Waals surface area contributed by atoms with E-state index in [1.165, 1.54) is 36.2 Å². The van der Waals surface area contributed by atoms with Gasteiger partial charge in [0.15, 0.2) is 0 Å². The topological polar surface area (TPSA) is 112 Å². The zero-order chi connectivity index (χ0) is 14.6. The highest BCUT2D eigenvalue weighted by Gasteiger charge is 2.15. The van der Waals surface area contributed by atoms with Crippen molar-refractivity contribution in [2.45, 2.75) is 11.4 Å². The Kier molecular flexibility index (Phi) is 4.20. The second-order valence-corrected chi connectivity index (χ2v) is 5.73. The first-order chi connectivity index (χ1) is 9.53. The lowest BCUT2D eigenvalue weighted by atomic mass is 10.3. The summed E-state index contributed by atoms with van der Waals surface area (Å²) in [5.41, 5.74) is 6.03. The second kappa shape index (κ2) is 5.88. The van der Waals surface area contributed by atoms with Crippen LogP contribution in [0.25, 0.3) is 0 Å². The van der Waals surface area contributed by atoms with E-state index in [1.807, 2.05) is 0 Å². The lowest BCUT2D eigenvalue weighted by Gasteiger charge is -2.09. The van der Waals surface area contributed by atoms with E-state index in [-0.39, 0.29) is 11.4 Å². The molecule has 0 aliphatic carbocycles. The summed E-state index contributed by atoms with van der Waals surface area (Å²) in [6.45, 7) is 0.601. The Bertz CT molecular complexity index is 669. The zero-order valence-corrected chi connectivity index (χ0v) is 11.7. The molecule has 0 aliphatic rings. The molecule has 1 aromatic carbocycles. The molecule has 0 saturated carbocycles. The number of nitrogens with two attached hydrogens (primary N) is 1. The fraction of sp³-hybridized carbons (Fsp3) is 0.273. The maximum Gasteiger partial charge on any atom is 0.240 e. The normalized spacial score (nSPS) is 11.4. The number of nitrogens with zero attached hydrogens (tertiary/aromatic N) is 3. The molecule has 9 heteroatoms. The van der Waals surface area contributed by atoms with Crippen molar-refractivity contribution >= 4 is 15.7 Å². The molecule has 0 saturated heterocycles. The van der Waals surface area contributed by atoms with Gasteiger partial charge in [-0.2, -0.15) is 0 Å². The summed E-state index contributed by atoms with van der Waals surface area (Å²) in [5.74, 6) is 0.323. The number of hydrogen-bond acceptors (Lipinski definition) is 6. The molecule has 0 spiro atoms. The van der Waals surface area contributed by atoms with Gasteiger partial charge in [0.2, 0.25) is 10.0 Å². The maximum absolute atomic E-state index is 12.1. The first-order valence-electron chi connectivity index (χ1n) is 5.80.